The Bertz CT molecular complexity index is 383. The maximum absolute atomic E-state index is 11.4. The van der Waals surface area contributed by atoms with Gasteiger partial charge in [0, 0.05) is 9.99 Å². The van der Waals surface area contributed by atoms with Crippen LogP contribution in [0.2, 0.25) is 0 Å². The van der Waals surface area contributed by atoms with Gasteiger partial charge in [-0.2, -0.15) is 0 Å². The predicted molar refractivity (Wildman–Crippen MR) is 56.7 cm³/mol. The minimum Gasteiger partial charge on any atom is -0.492 e. The van der Waals surface area contributed by atoms with Crippen LogP contribution in [0.5, 0.6) is 5.75 Å². The van der Waals surface area contributed by atoms with Gasteiger partial charge >= 0.3 is 5.63 Å². The average molecular weight is 292 g/mol. The fourth-order valence-corrected chi connectivity index (χ4v) is 2.00. The Morgan fingerprint density at radius 1 is 1.62 bits per heavy atom. The predicted octanol–water partition coefficient (Wildman–Crippen LogP) is 1.69. The third-order valence-corrected chi connectivity index (χ3v) is 2.78. The van der Waals surface area contributed by atoms with Gasteiger partial charge in [0.25, 0.3) is 0 Å². The van der Waals surface area contributed by atoms with Crippen LogP contribution in [0.3, 0.4) is 0 Å². The maximum atomic E-state index is 11.4. The molecule has 2 heterocycles. The molecular formula is C9H9IO3. The van der Waals surface area contributed by atoms with E-state index in [1.54, 1.807) is 13.0 Å². The fraction of sp³-hybridized carbons (Fsp3) is 0.444. The molecule has 1 aliphatic rings. The number of hydrogen-bond donors (Lipinski definition) is 0. The second-order valence-corrected chi connectivity index (χ2v) is 4.86. The molecule has 0 bridgehead atoms. The summed E-state index contributed by atoms with van der Waals surface area (Å²) in [6.45, 7) is 2.43. The van der Waals surface area contributed by atoms with Crippen LogP contribution in [0.15, 0.2) is 15.3 Å². The number of aryl methyl sites for hydroxylation is 1. The second kappa shape index (κ2) is 3.32. The van der Waals surface area contributed by atoms with Crippen molar-refractivity contribution in [3.8, 4) is 5.75 Å². The van der Waals surface area contributed by atoms with E-state index in [4.69, 9.17) is 9.15 Å². The minimum atomic E-state index is -0.253. The molecular weight excluding hydrogens is 283 g/mol. The number of rotatable bonds is 0. The Kier molecular flexibility index (Phi) is 2.31. The number of alkyl halides is 1. The van der Waals surface area contributed by atoms with Gasteiger partial charge in [0.05, 0.1) is 5.56 Å². The van der Waals surface area contributed by atoms with E-state index in [1.165, 1.54) is 0 Å². The highest BCUT2D eigenvalue weighted by Gasteiger charge is 2.21. The molecule has 0 amide bonds. The van der Waals surface area contributed by atoms with Crippen molar-refractivity contribution in [3.05, 3.63) is 27.8 Å². The number of hydrogen-bond acceptors (Lipinski definition) is 3. The Hall–Kier alpha value is -0.520. The Labute approximate surface area is 89.2 Å². The molecule has 1 aromatic rings. The first-order chi connectivity index (χ1) is 6.16. The summed E-state index contributed by atoms with van der Waals surface area (Å²) in [5.74, 6) is 1.30. The first-order valence-electron chi connectivity index (χ1n) is 4.07. The SMILES string of the molecule is Cc1cc2c(c(=O)o1)CC(I)CO2. The zero-order chi connectivity index (χ0) is 9.42. The van der Waals surface area contributed by atoms with Gasteiger partial charge in [-0.1, -0.05) is 22.6 Å². The summed E-state index contributed by atoms with van der Waals surface area (Å²) >= 11 is 2.27. The van der Waals surface area contributed by atoms with Gasteiger partial charge in [0.2, 0.25) is 0 Å². The molecule has 4 heteroatoms. The first kappa shape index (κ1) is 9.05. The lowest BCUT2D eigenvalue weighted by atomic mass is 10.1. The van der Waals surface area contributed by atoms with Crippen molar-refractivity contribution in [1.82, 2.24) is 0 Å². The Balaban J connectivity index is 2.53. The van der Waals surface area contributed by atoms with Crippen molar-refractivity contribution >= 4 is 22.6 Å². The molecule has 0 saturated carbocycles. The van der Waals surface area contributed by atoms with E-state index in [2.05, 4.69) is 22.6 Å². The van der Waals surface area contributed by atoms with Crippen molar-refractivity contribution in [2.45, 2.75) is 17.3 Å². The fourth-order valence-electron chi connectivity index (χ4n) is 1.38. The Morgan fingerprint density at radius 3 is 3.15 bits per heavy atom. The van der Waals surface area contributed by atoms with Crippen LogP contribution < -0.4 is 10.4 Å². The van der Waals surface area contributed by atoms with Crippen LogP contribution in [0.1, 0.15) is 11.3 Å². The summed E-state index contributed by atoms with van der Waals surface area (Å²) in [6.07, 6.45) is 0.749. The lowest BCUT2D eigenvalue weighted by Crippen LogP contribution is -2.25. The summed E-state index contributed by atoms with van der Waals surface area (Å²) in [4.78, 5) is 11.4. The molecule has 3 nitrogen and oxygen atoms in total. The number of fused-ring (bicyclic) bond motifs is 1. The Morgan fingerprint density at radius 2 is 2.38 bits per heavy atom. The maximum Gasteiger partial charge on any atom is 0.342 e. The molecule has 0 aromatic carbocycles. The topological polar surface area (TPSA) is 39.4 Å². The summed E-state index contributed by atoms with van der Waals surface area (Å²) in [6, 6.07) is 1.78. The van der Waals surface area contributed by atoms with Crippen molar-refractivity contribution in [3.63, 3.8) is 0 Å². The monoisotopic (exact) mass is 292 g/mol. The van der Waals surface area contributed by atoms with E-state index >= 15 is 0 Å². The molecule has 1 aliphatic heterocycles. The van der Waals surface area contributed by atoms with E-state index < -0.39 is 0 Å². The molecule has 0 saturated heterocycles. The molecule has 0 fully saturated rings. The highest BCUT2D eigenvalue weighted by atomic mass is 127. The van der Waals surface area contributed by atoms with Gasteiger partial charge in [0.1, 0.15) is 18.1 Å². The third-order valence-electron chi connectivity index (χ3n) is 1.98. The van der Waals surface area contributed by atoms with Gasteiger partial charge in [-0.25, -0.2) is 4.79 Å². The van der Waals surface area contributed by atoms with E-state index in [0.717, 1.165) is 6.42 Å². The summed E-state index contributed by atoms with van der Waals surface area (Å²) < 4.78 is 10.8. The minimum absolute atomic E-state index is 0.253. The van der Waals surface area contributed by atoms with Crippen molar-refractivity contribution in [2.24, 2.45) is 0 Å². The van der Waals surface area contributed by atoms with Crippen LogP contribution in [-0.2, 0) is 6.42 Å². The zero-order valence-corrected chi connectivity index (χ0v) is 9.33. The average Bonchev–Trinajstić information content (AvgIpc) is 2.06. The summed E-state index contributed by atoms with van der Waals surface area (Å²) in [5, 5.41) is 0. The normalized spacial score (nSPS) is 20.6. The number of ether oxygens (including phenoxy) is 1. The zero-order valence-electron chi connectivity index (χ0n) is 7.17. The van der Waals surface area contributed by atoms with Crippen LogP contribution in [-0.4, -0.2) is 10.5 Å². The molecule has 0 spiro atoms. The van der Waals surface area contributed by atoms with E-state index in [1.807, 2.05) is 0 Å². The van der Waals surface area contributed by atoms with Crippen molar-refractivity contribution < 1.29 is 9.15 Å². The van der Waals surface area contributed by atoms with Crippen molar-refractivity contribution in [2.75, 3.05) is 6.61 Å². The molecule has 0 N–H and O–H groups in total. The van der Waals surface area contributed by atoms with Crippen LogP contribution in [0, 0.1) is 6.92 Å². The summed E-state index contributed by atoms with van der Waals surface area (Å²) in [5.41, 5.74) is 0.424. The molecule has 0 radical (unpaired) electrons. The second-order valence-electron chi connectivity index (χ2n) is 3.10. The standard InChI is InChI=1S/C9H9IO3/c1-5-2-8-7(9(11)13-5)3-6(10)4-12-8/h2,6H,3-4H2,1H3. The smallest absolute Gasteiger partial charge is 0.342 e. The quantitative estimate of drug-likeness (QED) is 0.539. The number of halogens is 1. The molecule has 1 unspecified atom stereocenters. The van der Waals surface area contributed by atoms with Crippen LogP contribution in [0.25, 0.3) is 0 Å². The first-order valence-corrected chi connectivity index (χ1v) is 5.32. The lowest BCUT2D eigenvalue weighted by Gasteiger charge is -2.19. The highest BCUT2D eigenvalue weighted by Crippen LogP contribution is 2.25. The van der Waals surface area contributed by atoms with Gasteiger partial charge in [0.15, 0.2) is 0 Å². The molecule has 70 valence electrons. The van der Waals surface area contributed by atoms with Crippen molar-refractivity contribution in [1.29, 1.82) is 0 Å². The molecule has 1 atom stereocenters. The molecule has 2 rings (SSSR count). The van der Waals surface area contributed by atoms with E-state index in [9.17, 15) is 4.79 Å². The molecule has 13 heavy (non-hydrogen) atoms. The van der Waals surface area contributed by atoms with E-state index in [0.29, 0.717) is 27.6 Å². The van der Waals surface area contributed by atoms with Gasteiger partial charge in [-0.05, 0) is 13.3 Å². The van der Waals surface area contributed by atoms with Gasteiger partial charge in [-0.3, -0.25) is 0 Å². The van der Waals surface area contributed by atoms with Gasteiger partial charge in [-0.15, -0.1) is 0 Å². The largest absolute Gasteiger partial charge is 0.492 e. The molecule has 0 aliphatic carbocycles. The third kappa shape index (κ3) is 1.72. The van der Waals surface area contributed by atoms with Crippen LogP contribution in [0.4, 0.5) is 0 Å². The summed E-state index contributed by atoms with van der Waals surface area (Å²) in [7, 11) is 0. The molecule has 1 aromatic heterocycles. The van der Waals surface area contributed by atoms with Crippen LogP contribution >= 0.6 is 22.6 Å². The lowest BCUT2D eigenvalue weighted by molar-refractivity contribution is 0.288. The van der Waals surface area contributed by atoms with E-state index in [-0.39, 0.29) is 5.63 Å². The van der Waals surface area contributed by atoms with Gasteiger partial charge < -0.3 is 9.15 Å². The highest BCUT2D eigenvalue weighted by molar-refractivity contribution is 14.1.